The third-order valence-electron chi connectivity index (χ3n) is 2.93. The van der Waals surface area contributed by atoms with Crippen molar-refractivity contribution >= 4 is 24.0 Å². The summed E-state index contributed by atoms with van der Waals surface area (Å²) in [4.78, 5) is 36.6. The van der Waals surface area contributed by atoms with Gasteiger partial charge in [-0.1, -0.05) is 0 Å². The molecule has 1 aliphatic heterocycles. The van der Waals surface area contributed by atoms with E-state index < -0.39 is 16.8 Å². The van der Waals surface area contributed by atoms with Crippen molar-refractivity contribution in [2.24, 2.45) is 5.10 Å². The molecule has 118 valence electrons. The second kappa shape index (κ2) is 6.35. The third-order valence-corrected chi connectivity index (χ3v) is 2.93. The van der Waals surface area contributed by atoms with E-state index >= 15 is 0 Å². The van der Waals surface area contributed by atoms with Crippen LogP contribution >= 0.6 is 0 Å². The number of hydrazone groups is 1. The number of carbonyl (C=O) groups excluding carboxylic acids is 2. The molecule has 1 aromatic rings. The molecule has 3 amide bonds. The highest BCUT2D eigenvalue weighted by Gasteiger charge is 2.35. The van der Waals surface area contributed by atoms with E-state index in [1.54, 1.807) is 0 Å². The summed E-state index contributed by atoms with van der Waals surface area (Å²) in [5.41, 5.74) is 0. The summed E-state index contributed by atoms with van der Waals surface area (Å²) in [6.45, 7) is 0.674. The summed E-state index contributed by atoms with van der Waals surface area (Å²) in [5.74, 6) is -0.633. The SMILES string of the molecule is CN(C)CCN1C(=O)CN(/N=C\c2ccc([N+](=O)[O-])o2)C1=O. The number of nitrogens with zero attached hydrogens (tertiary/aromatic N) is 5. The first kappa shape index (κ1) is 15.6. The lowest BCUT2D eigenvalue weighted by molar-refractivity contribution is -0.402. The third kappa shape index (κ3) is 3.47. The van der Waals surface area contributed by atoms with Gasteiger partial charge in [-0.25, -0.2) is 9.80 Å². The van der Waals surface area contributed by atoms with Gasteiger partial charge in [-0.15, -0.1) is 0 Å². The number of amides is 3. The maximum Gasteiger partial charge on any atom is 0.433 e. The highest BCUT2D eigenvalue weighted by Crippen LogP contribution is 2.15. The maximum absolute atomic E-state index is 12.0. The van der Waals surface area contributed by atoms with Crippen molar-refractivity contribution in [3.05, 3.63) is 28.0 Å². The molecule has 0 atom stereocenters. The highest BCUT2D eigenvalue weighted by molar-refractivity contribution is 6.02. The van der Waals surface area contributed by atoms with E-state index in [0.717, 1.165) is 16.1 Å². The molecule has 10 heteroatoms. The maximum atomic E-state index is 12.0. The Morgan fingerprint density at radius 1 is 1.45 bits per heavy atom. The average molecular weight is 309 g/mol. The molecule has 0 spiro atoms. The molecule has 1 aliphatic rings. The van der Waals surface area contributed by atoms with Gasteiger partial charge in [0.05, 0.1) is 12.3 Å². The Kier molecular flexibility index (Phi) is 4.51. The second-order valence-electron chi connectivity index (χ2n) is 4.87. The minimum atomic E-state index is -0.676. The van der Waals surface area contributed by atoms with E-state index in [1.807, 2.05) is 19.0 Å². The van der Waals surface area contributed by atoms with Crippen LogP contribution < -0.4 is 0 Å². The van der Waals surface area contributed by atoms with Crippen molar-refractivity contribution in [2.45, 2.75) is 0 Å². The van der Waals surface area contributed by atoms with E-state index in [4.69, 9.17) is 4.42 Å². The lowest BCUT2D eigenvalue weighted by atomic mass is 10.5. The molecular weight excluding hydrogens is 294 g/mol. The minimum Gasteiger partial charge on any atom is -0.400 e. The first-order valence-electron chi connectivity index (χ1n) is 6.43. The van der Waals surface area contributed by atoms with Crippen LogP contribution in [-0.2, 0) is 4.79 Å². The number of hydrogen-bond acceptors (Lipinski definition) is 7. The summed E-state index contributed by atoms with van der Waals surface area (Å²) in [5, 5.41) is 15.3. The number of likely N-dealkylation sites (N-methyl/N-ethyl adjacent to an activating group) is 1. The lowest BCUT2D eigenvalue weighted by Gasteiger charge is -2.16. The van der Waals surface area contributed by atoms with Gasteiger partial charge >= 0.3 is 11.9 Å². The van der Waals surface area contributed by atoms with Crippen molar-refractivity contribution in [2.75, 3.05) is 33.7 Å². The van der Waals surface area contributed by atoms with Gasteiger partial charge in [0.2, 0.25) is 0 Å². The number of rotatable bonds is 6. The van der Waals surface area contributed by atoms with Gasteiger partial charge in [-0.3, -0.25) is 19.8 Å². The monoisotopic (exact) mass is 309 g/mol. The number of carbonyl (C=O) groups is 2. The fourth-order valence-electron chi connectivity index (χ4n) is 1.77. The van der Waals surface area contributed by atoms with Crippen molar-refractivity contribution < 1.29 is 18.9 Å². The molecule has 0 radical (unpaired) electrons. The second-order valence-corrected chi connectivity index (χ2v) is 4.87. The molecule has 0 bridgehead atoms. The quantitative estimate of drug-likeness (QED) is 0.324. The van der Waals surface area contributed by atoms with Crippen LogP contribution in [0.15, 0.2) is 21.7 Å². The number of hydrogen-bond donors (Lipinski definition) is 0. The van der Waals surface area contributed by atoms with Gasteiger partial charge < -0.3 is 9.32 Å². The highest BCUT2D eigenvalue weighted by atomic mass is 16.6. The summed E-state index contributed by atoms with van der Waals surface area (Å²) >= 11 is 0. The van der Waals surface area contributed by atoms with Crippen molar-refractivity contribution in [1.29, 1.82) is 0 Å². The molecule has 10 nitrogen and oxygen atoms in total. The molecule has 1 aromatic heterocycles. The van der Waals surface area contributed by atoms with Crippen LogP contribution in [0, 0.1) is 10.1 Å². The van der Waals surface area contributed by atoms with Crippen LogP contribution in [-0.4, -0.2) is 71.6 Å². The fraction of sp³-hybridized carbons (Fsp3) is 0.417. The van der Waals surface area contributed by atoms with Gasteiger partial charge in [0, 0.05) is 13.1 Å². The van der Waals surface area contributed by atoms with E-state index in [2.05, 4.69) is 5.10 Å². The smallest absolute Gasteiger partial charge is 0.400 e. The molecule has 0 saturated carbocycles. The Morgan fingerprint density at radius 2 is 2.18 bits per heavy atom. The van der Waals surface area contributed by atoms with E-state index in [0.29, 0.717) is 6.54 Å². The molecule has 2 heterocycles. The van der Waals surface area contributed by atoms with Gasteiger partial charge in [-0.2, -0.15) is 5.10 Å². The standard InChI is InChI=1S/C12H15N5O5/c1-14(2)5-6-15-10(18)8-16(12(15)19)13-7-9-3-4-11(22-9)17(20)21/h3-4,7H,5-6,8H2,1-2H3/b13-7-. The minimum absolute atomic E-state index is 0.124. The van der Waals surface area contributed by atoms with Crippen molar-refractivity contribution in [1.82, 2.24) is 14.8 Å². The van der Waals surface area contributed by atoms with Crippen molar-refractivity contribution in [3.63, 3.8) is 0 Å². The van der Waals surface area contributed by atoms with E-state index in [-0.39, 0.29) is 24.8 Å². The zero-order valence-electron chi connectivity index (χ0n) is 12.1. The number of furan rings is 1. The Bertz CT molecular complexity index is 623. The molecule has 1 saturated heterocycles. The average Bonchev–Trinajstić information content (AvgIpc) is 3.00. The largest absolute Gasteiger partial charge is 0.433 e. The molecule has 0 aliphatic carbocycles. The predicted octanol–water partition coefficient (Wildman–Crippen LogP) is 0.348. The lowest BCUT2D eigenvalue weighted by Crippen LogP contribution is -2.36. The molecule has 22 heavy (non-hydrogen) atoms. The van der Waals surface area contributed by atoms with Crippen LogP contribution in [0.1, 0.15) is 5.76 Å². The van der Waals surface area contributed by atoms with E-state index in [1.165, 1.54) is 12.1 Å². The zero-order valence-corrected chi connectivity index (χ0v) is 12.1. The molecule has 0 aromatic carbocycles. The first-order valence-corrected chi connectivity index (χ1v) is 6.43. The van der Waals surface area contributed by atoms with Gasteiger partial charge in [0.25, 0.3) is 5.91 Å². The fourth-order valence-corrected chi connectivity index (χ4v) is 1.77. The molecule has 0 N–H and O–H groups in total. The Balaban J connectivity index is 2.00. The van der Waals surface area contributed by atoms with Crippen LogP contribution in [0.4, 0.5) is 10.7 Å². The Labute approximate surface area is 125 Å². The first-order chi connectivity index (χ1) is 10.4. The normalized spacial score (nSPS) is 15.6. The van der Waals surface area contributed by atoms with Gasteiger partial charge in [0.15, 0.2) is 5.76 Å². The summed E-state index contributed by atoms with van der Waals surface area (Å²) in [7, 11) is 3.68. The van der Waals surface area contributed by atoms with Crippen LogP contribution in [0.25, 0.3) is 0 Å². The van der Waals surface area contributed by atoms with Crippen molar-refractivity contribution in [3.8, 4) is 0 Å². The number of imide groups is 1. The molecule has 1 fully saturated rings. The topological polar surface area (TPSA) is 112 Å². The predicted molar refractivity (Wildman–Crippen MR) is 75.3 cm³/mol. The van der Waals surface area contributed by atoms with Gasteiger partial charge in [0.1, 0.15) is 11.5 Å². The summed E-state index contributed by atoms with van der Waals surface area (Å²) < 4.78 is 4.88. The van der Waals surface area contributed by atoms with Crippen LogP contribution in [0.5, 0.6) is 0 Å². The molecule has 2 rings (SSSR count). The number of nitro groups is 1. The van der Waals surface area contributed by atoms with E-state index in [9.17, 15) is 19.7 Å². The van der Waals surface area contributed by atoms with Crippen LogP contribution in [0.3, 0.4) is 0 Å². The molecule has 0 unspecified atom stereocenters. The Morgan fingerprint density at radius 3 is 2.77 bits per heavy atom. The van der Waals surface area contributed by atoms with Crippen LogP contribution in [0.2, 0.25) is 0 Å². The zero-order chi connectivity index (χ0) is 16.3. The summed E-state index contributed by atoms with van der Waals surface area (Å²) in [6.07, 6.45) is 1.16. The molecular formula is C12H15N5O5. The number of urea groups is 1. The van der Waals surface area contributed by atoms with Gasteiger partial charge in [-0.05, 0) is 20.2 Å². The Hall–Kier alpha value is -2.75. The summed E-state index contributed by atoms with van der Waals surface area (Å²) in [6, 6.07) is 2.01.